The SMILES string of the molecule is CC(N)Cc1cc(C(C)(F)F)ccn1. The normalized spacial score (nSPS) is 14.1. The lowest BCUT2D eigenvalue weighted by molar-refractivity contribution is 0.0173. The Morgan fingerprint density at radius 1 is 1.57 bits per heavy atom. The lowest BCUT2D eigenvalue weighted by Gasteiger charge is -2.12. The lowest BCUT2D eigenvalue weighted by atomic mass is 10.1. The molecule has 1 heterocycles. The van der Waals surface area contributed by atoms with E-state index in [4.69, 9.17) is 5.73 Å². The number of rotatable bonds is 3. The summed E-state index contributed by atoms with van der Waals surface area (Å²) in [6, 6.07) is 2.66. The number of nitrogens with two attached hydrogens (primary N) is 1. The first-order chi connectivity index (χ1) is 6.39. The third-order valence-corrected chi connectivity index (χ3v) is 1.85. The fraction of sp³-hybridized carbons (Fsp3) is 0.500. The van der Waals surface area contributed by atoms with Gasteiger partial charge in [0, 0.05) is 36.8 Å². The first-order valence-electron chi connectivity index (χ1n) is 4.48. The van der Waals surface area contributed by atoms with E-state index in [-0.39, 0.29) is 11.6 Å². The molecule has 0 aliphatic heterocycles. The molecule has 1 rings (SSSR count). The average Bonchev–Trinajstić information content (AvgIpc) is 2.01. The van der Waals surface area contributed by atoms with Gasteiger partial charge in [-0.05, 0) is 19.1 Å². The van der Waals surface area contributed by atoms with Crippen LogP contribution in [0.4, 0.5) is 8.78 Å². The molecular weight excluding hydrogens is 186 g/mol. The van der Waals surface area contributed by atoms with E-state index in [2.05, 4.69) is 4.98 Å². The smallest absolute Gasteiger partial charge is 0.270 e. The van der Waals surface area contributed by atoms with Crippen molar-refractivity contribution in [3.05, 3.63) is 29.6 Å². The van der Waals surface area contributed by atoms with Crippen molar-refractivity contribution in [3.63, 3.8) is 0 Å². The summed E-state index contributed by atoms with van der Waals surface area (Å²) in [7, 11) is 0. The van der Waals surface area contributed by atoms with E-state index in [1.165, 1.54) is 18.3 Å². The second kappa shape index (κ2) is 4.00. The summed E-state index contributed by atoms with van der Waals surface area (Å²) < 4.78 is 25.8. The molecule has 4 heteroatoms. The second-order valence-corrected chi connectivity index (χ2v) is 3.61. The zero-order chi connectivity index (χ0) is 10.8. The quantitative estimate of drug-likeness (QED) is 0.811. The Kier molecular flexibility index (Phi) is 3.16. The highest BCUT2D eigenvalue weighted by atomic mass is 19.3. The summed E-state index contributed by atoms with van der Waals surface area (Å²) in [5, 5.41) is 0. The van der Waals surface area contributed by atoms with Gasteiger partial charge in [-0.2, -0.15) is 0 Å². The van der Waals surface area contributed by atoms with Crippen LogP contribution in [0.3, 0.4) is 0 Å². The van der Waals surface area contributed by atoms with Gasteiger partial charge in [0.05, 0.1) is 0 Å². The van der Waals surface area contributed by atoms with Gasteiger partial charge in [-0.25, -0.2) is 8.78 Å². The monoisotopic (exact) mass is 200 g/mol. The first kappa shape index (κ1) is 11.0. The minimum Gasteiger partial charge on any atom is -0.328 e. The molecule has 78 valence electrons. The molecule has 0 bridgehead atoms. The van der Waals surface area contributed by atoms with Crippen molar-refractivity contribution in [2.24, 2.45) is 5.73 Å². The number of alkyl halides is 2. The van der Waals surface area contributed by atoms with Gasteiger partial charge in [0.15, 0.2) is 0 Å². The summed E-state index contributed by atoms with van der Waals surface area (Å²) in [5.74, 6) is -2.81. The number of nitrogens with zero attached hydrogens (tertiary/aromatic N) is 1. The molecule has 0 radical (unpaired) electrons. The highest BCUT2D eigenvalue weighted by Gasteiger charge is 2.24. The summed E-state index contributed by atoms with van der Waals surface area (Å²) in [6.45, 7) is 2.69. The van der Waals surface area contributed by atoms with Crippen LogP contribution in [0.1, 0.15) is 25.1 Å². The topological polar surface area (TPSA) is 38.9 Å². The van der Waals surface area contributed by atoms with Gasteiger partial charge in [0.2, 0.25) is 0 Å². The first-order valence-corrected chi connectivity index (χ1v) is 4.48. The summed E-state index contributed by atoms with van der Waals surface area (Å²) in [4.78, 5) is 3.98. The van der Waals surface area contributed by atoms with E-state index in [1.807, 2.05) is 6.92 Å². The molecule has 1 atom stereocenters. The molecule has 14 heavy (non-hydrogen) atoms. The molecule has 1 aromatic rings. The Labute approximate surface area is 82.1 Å². The van der Waals surface area contributed by atoms with Gasteiger partial charge in [0.1, 0.15) is 0 Å². The fourth-order valence-electron chi connectivity index (χ4n) is 1.19. The third-order valence-electron chi connectivity index (χ3n) is 1.85. The molecule has 0 saturated carbocycles. The van der Waals surface area contributed by atoms with E-state index >= 15 is 0 Å². The Bertz CT molecular complexity index is 305. The Morgan fingerprint density at radius 3 is 2.71 bits per heavy atom. The van der Waals surface area contributed by atoms with Crippen molar-refractivity contribution in [1.29, 1.82) is 0 Å². The van der Waals surface area contributed by atoms with Crippen LogP contribution in [0.2, 0.25) is 0 Å². The molecule has 0 aliphatic rings. The van der Waals surface area contributed by atoms with Crippen molar-refractivity contribution >= 4 is 0 Å². The molecule has 2 nitrogen and oxygen atoms in total. The van der Waals surface area contributed by atoms with Crippen LogP contribution in [0, 0.1) is 0 Å². The third kappa shape index (κ3) is 3.03. The minimum atomic E-state index is -2.81. The Morgan fingerprint density at radius 2 is 2.21 bits per heavy atom. The van der Waals surface area contributed by atoms with Crippen molar-refractivity contribution in [1.82, 2.24) is 4.98 Å². The molecule has 1 aromatic heterocycles. The zero-order valence-corrected chi connectivity index (χ0v) is 8.30. The van der Waals surface area contributed by atoms with E-state index < -0.39 is 5.92 Å². The maximum absolute atomic E-state index is 12.9. The van der Waals surface area contributed by atoms with Gasteiger partial charge < -0.3 is 5.73 Å². The fourth-order valence-corrected chi connectivity index (χ4v) is 1.19. The molecule has 1 unspecified atom stereocenters. The largest absolute Gasteiger partial charge is 0.328 e. The van der Waals surface area contributed by atoms with Crippen LogP contribution in [-0.4, -0.2) is 11.0 Å². The number of hydrogen-bond acceptors (Lipinski definition) is 2. The molecule has 0 aliphatic carbocycles. The van der Waals surface area contributed by atoms with Crippen LogP contribution in [0.5, 0.6) is 0 Å². The van der Waals surface area contributed by atoms with Crippen LogP contribution in [0.15, 0.2) is 18.3 Å². The van der Waals surface area contributed by atoms with Crippen LogP contribution in [0.25, 0.3) is 0 Å². The van der Waals surface area contributed by atoms with Crippen molar-refractivity contribution < 1.29 is 8.78 Å². The predicted molar refractivity (Wildman–Crippen MR) is 51.2 cm³/mol. The number of halogens is 2. The van der Waals surface area contributed by atoms with Gasteiger partial charge in [-0.1, -0.05) is 0 Å². The van der Waals surface area contributed by atoms with Crippen LogP contribution >= 0.6 is 0 Å². The average molecular weight is 200 g/mol. The van der Waals surface area contributed by atoms with E-state index in [0.29, 0.717) is 12.1 Å². The van der Waals surface area contributed by atoms with Gasteiger partial charge in [-0.15, -0.1) is 0 Å². The van der Waals surface area contributed by atoms with Crippen molar-refractivity contribution in [3.8, 4) is 0 Å². The zero-order valence-electron chi connectivity index (χ0n) is 8.30. The van der Waals surface area contributed by atoms with Gasteiger partial charge >= 0.3 is 0 Å². The van der Waals surface area contributed by atoms with Gasteiger partial charge in [0.25, 0.3) is 5.92 Å². The number of aromatic nitrogens is 1. The molecule has 0 fully saturated rings. The minimum absolute atomic E-state index is 0.0110. The molecule has 0 saturated heterocycles. The maximum Gasteiger partial charge on any atom is 0.270 e. The van der Waals surface area contributed by atoms with Gasteiger partial charge in [-0.3, -0.25) is 4.98 Å². The molecule has 0 spiro atoms. The predicted octanol–water partition coefficient (Wildman–Crippen LogP) is 2.08. The van der Waals surface area contributed by atoms with E-state index in [9.17, 15) is 8.78 Å². The maximum atomic E-state index is 12.9. The molecule has 0 amide bonds. The highest BCUT2D eigenvalue weighted by molar-refractivity contribution is 5.21. The lowest BCUT2D eigenvalue weighted by Crippen LogP contribution is -2.19. The second-order valence-electron chi connectivity index (χ2n) is 3.61. The number of hydrogen-bond donors (Lipinski definition) is 1. The standard InChI is InChI=1S/C10H14F2N2/c1-7(13)5-9-6-8(3-4-14-9)10(2,11)12/h3-4,6-7H,5,13H2,1-2H3. The van der Waals surface area contributed by atoms with E-state index in [1.54, 1.807) is 0 Å². The summed E-state index contributed by atoms with van der Waals surface area (Å²) >= 11 is 0. The van der Waals surface area contributed by atoms with E-state index in [0.717, 1.165) is 6.92 Å². The molecular formula is C10H14F2N2. The summed E-state index contributed by atoms with van der Waals surface area (Å²) in [6.07, 6.45) is 1.91. The number of pyridine rings is 1. The molecule has 2 N–H and O–H groups in total. The Balaban J connectivity index is 2.90. The van der Waals surface area contributed by atoms with Crippen LogP contribution in [-0.2, 0) is 12.3 Å². The summed E-state index contributed by atoms with van der Waals surface area (Å²) in [5.41, 5.74) is 6.16. The van der Waals surface area contributed by atoms with Crippen molar-refractivity contribution in [2.75, 3.05) is 0 Å². The van der Waals surface area contributed by atoms with Crippen LogP contribution < -0.4 is 5.73 Å². The van der Waals surface area contributed by atoms with Crippen molar-refractivity contribution in [2.45, 2.75) is 32.2 Å². The Hall–Kier alpha value is -1.03. The highest BCUT2D eigenvalue weighted by Crippen LogP contribution is 2.26. The molecule has 0 aromatic carbocycles.